The molecule has 1 aromatic heterocycles. The number of amides is 1. The van der Waals surface area contributed by atoms with Crippen molar-refractivity contribution in [2.24, 2.45) is 0 Å². The molecule has 0 bridgehead atoms. The van der Waals surface area contributed by atoms with E-state index < -0.39 is 12.1 Å². The van der Waals surface area contributed by atoms with E-state index in [1.54, 1.807) is 27.7 Å². The Balaban J connectivity index is 1.69. The molecule has 3 aromatic rings. The molecule has 2 aromatic carbocycles. The van der Waals surface area contributed by atoms with Gasteiger partial charge in [-0.1, -0.05) is 30.3 Å². The van der Waals surface area contributed by atoms with E-state index in [2.05, 4.69) is 5.32 Å². The summed E-state index contributed by atoms with van der Waals surface area (Å²) in [7, 11) is 0. The van der Waals surface area contributed by atoms with Gasteiger partial charge in [0.25, 0.3) is 5.91 Å². The molecular formula is C21H21NO4. The van der Waals surface area contributed by atoms with E-state index >= 15 is 0 Å². The number of carbonyl (C=O) groups is 2. The fourth-order valence-corrected chi connectivity index (χ4v) is 2.88. The van der Waals surface area contributed by atoms with Crippen LogP contribution in [0.2, 0.25) is 0 Å². The highest BCUT2D eigenvalue weighted by atomic mass is 16.5. The van der Waals surface area contributed by atoms with Gasteiger partial charge >= 0.3 is 5.97 Å². The van der Waals surface area contributed by atoms with Gasteiger partial charge in [0.2, 0.25) is 0 Å². The van der Waals surface area contributed by atoms with Gasteiger partial charge in [-0.3, -0.25) is 4.79 Å². The maximum atomic E-state index is 12.4. The van der Waals surface area contributed by atoms with Gasteiger partial charge in [0.05, 0.1) is 0 Å². The normalized spacial score (nSPS) is 12.0. The topological polar surface area (TPSA) is 68.5 Å². The number of nitrogens with one attached hydrogen (secondary N) is 1. The van der Waals surface area contributed by atoms with Gasteiger partial charge < -0.3 is 14.5 Å². The van der Waals surface area contributed by atoms with Gasteiger partial charge in [-0.05, 0) is 50.6 Å². The Labute approximate surface area is 152 Å². The molecular weight excluding hydrogens is 330 g/mol. The predicted molar refractivity (Wildman–Crippen MR) is 100 cm³/mol. The Morgan fingerprint density at radius 3 is 2.35 bits per heavy atom. The maximum Gasteiger partial charge on any atom is 0.342 e. The van der Waals surface area contributed by atoms with Crippen molar-refractivity contribution in [3.63, 3.8) is 0 Å². The molecule has 0 saturated carbocycles. The molecule has 134 valence electrons. The van der Waals surface area contributed by atoms with Crippen LogP contribution in [-0.2, 0) is 9.53 Å². The Bertz CT molecular complexity index is 987. The minimum atomic E-state index is -0.928. The third-order valence-corrected chi connectivity index (χ3v) is 4.44. The zero-order valence-electron chi connectivity index (χ0n) is 15.3. The Morgan fingerprint density at radius 2 is 1.69 bits per heavy atom. The lowest BCUT2D eigenvalue weighted by atomic mass is 10.1. The summed E-state index contributed by atoms with van der Waals surface area (Å²) >= 11 is 0. The third-order valence-electron chi connectivity index (χ3n) is 4.44. The van der Waals surface area contributed by atoms with E-state index in [9.17, 15) is 9.59 Å². The summed E-state index contributed by atoms with van der Waals surface area (Å²) in [5.41, 5.74) is 1.77. The lowest BCUT2D eigenvalue weighted by Crippen LogP contribution is -2.30. The first-order valence-corrected chi connectivity index (χ1v) is 8.44. The third kappa shape index (κ3) is 3.47. The monoisotopic (exact) mass is 351 g/mol. The molecule has 5 heteroatoms. The predicted octanol–water partition coefficient (Wildman–Crippen LogP) is 4.54. The summed E-state index contributed by atoms with van der Waals surface area (Å²) in [6.45, 7) is 6.83. The fourth-order valence-electron chi connectivity index (χ4n) is 2.88. The van der Waals surface area contributed by atoms with Crippen LogP contribution in [0.25, 0.3) is 10.8 Å². The molecule has 0 unspecified atom stereocenters. The van der Waals surface area contributed by atoms with Crippen LogP contribution in [0.15, 0.2) is 46.9 Å². The van der Waals surface area contributed by atoms with E-state index in [0.717, 1.165) is 16.3 Å². The molecule has 0 spiro atoms. The lowest BCUT2D eigenvalue weighted by Gasteiger charge is -2.14. The second-order valence-electron chi connectivity index (χ2n) is 6.31. The SMILES string of the molecule is Cc1oc(C)c(C(=O)O[C@H](C)C(=O)Nc2ccc3ccccc3c2)c1C. The van der Waals surface area contributed by atoms with Crippen molar-refractivity contribution in [2.45, 2.75) is 33.8 Å². The summed E-state index contributed by atoms with van der Waals surface area (Å²) in [5, 5.41) is 4.90. The number of hydrogen-bond donors (Lipinski definition) is 1. The zero-order valence-corrected chi connectivity index (χ0v) is 15.3. The number of rotatable bonds is 4. The molecule has 1 N–H and O–H groups in total. The van der Waals surface area contributed by atoms with Crippen molar-refractivity contribution in [1.29, 1.82) is 0 Å². The highest BCUT2D eigenvalue weighted by molar-refractivity contribution is 5.99. The van der Waals surface area contributed by atoms with Gasteiger partial charge in [-0.2, -0.15) is 0 Å². The quantitative estimate of drug-likeness (QED) is 0.701. The van der Waals surface area contributed by atoms with Gasteiger partial charge in [0.15, 0.2) is 6.10 Å². The fraction of sp³-hybridized carbons (Fsp3) is 0.238. The molecule has 3 rings (SSSR count). The van der Waals surface area contributed by atoms with E-state index in [1.807, 2.05) is 42.5 Å². The Hall–Kier alpha value is -3.08. The van der Waals surface area contributed by atoms with Crippen LogP contribution in [-0.4, -0.2) is 18.0 Å². The first-order chi connectivity index (χ1) is 12.4. The van der Waals surface area contributed by atoms with Gasteiger partial charge in [0, 0.05) is 11.3 Å². The van der Waals surface area contributed by atoms with Crippen LogP contribution in [0.3, 0.4) is 0 Å². The highest BCUT2D eigenvalue weighted by Crippen LogP contribution is 2.22. The zero-order chi connectivity index (χ0) is 18.8. The number of benzene rings is 2. The van der Waals surface area contributed by atoms with Crippen LogP contribution in [0, 0.1) is 20.8 Å². The second-order valence-corrected chi connectivity index (χ2v) is 6.31. The number of esters is 1. The van der Waals surface area contributed by atoms with Crippen LogP contribution in [0.1, 0.15) is 34.4 Å². The largest absolute Gasteiger partial charge is 0.465 e. The van der Waals surface area contributed by atoms with Gasteiger partial charge in [-0.15, -0.1) is 0 Å². The summed E-state index contributed by atoms with van der Waals surface area (Å²) in [6.07, 6.45) is -0.928. The maximum absolute atomic E-state index is 12.4. The summed E-state index contributed by atoms with van der Waals surface area (Å²) in [4.78, 5) is 24.8. The Kier molecular flexibility index (Phi) is 4.80. The number of aryl methyl sites for hydroxylation is 2. The van der Waals surface area contributed by atoms with Gasteiger partial charge in [0.1, 0.15) is 17.1 Å². The number of fused-ring (bicyclic) bond motifs is 1. The first kappa shape index (κ1) is 17.7. The van der Waals surface area contributed by atoms with Crippen molar-refractivity contribution < 1.29 is 18.7 Å². The van der Waals surface area contributed by atoms with Crippen molar-refractivity contribution >= 4 is 28.3 Å². The summed E-state index contributed by atoms with van der Waals surface area (Å²) < 4.78 is 10.8. The van der Waals surface area contributed by atoms with Crippen LogP contribution in [0.4, 0.5) is 5.69 Å². The van der Waals surface area contributed by atoms with Gasteiger partial charge in [-0.25, -0.2) is 4.79 Å². The van der Waals surface area contributed by atoms with Crippen molar-refractivity contribution in [3.8, 4) is 0 Å². The molecule has 1 amide bonds. The first-order valence-electron chi connectivity index (χ1n) is 8.44. The molecule has 1 heterocycles. The molecule has 0 aliphatic rings. The molecule has 26 heavy (non-hydrogen) atoms. The van der Waals surface area contributed by atoms with E-state index in [-0.39, 0.29) is 5.91 Å². The molecule has 0 aliphatic heterocycles. The number of hydrogen-bond acceptors (Lipinski definition) is 4. The smallest absolute Gasteiger partial charge is 0.342 e. The Morgan fingerprint density at radius 1 is 1.00 bits per heavy atom. The van der Waals surface area contributed by atoms with E-state index in [1.165, 1.54) is 0 Å². The van der Waals surface area contributed by atoms with Crippen molar-refractivity contribution in [3.05, 3.63) is 65.1 Å². The van der Waals surface area contributed by atoms with Crippen molar-refractivity contribution in [2.75, 3.05) is 5.32 Å². The molecule has 0 aliphatic carbocycles. The highest BCUT2D eigenvalue weighted by Gasteiger charge is 2.24. The summed E-state index contributed by atoms with van der Waals surface area (Å²) in [6, 6.07) is 13.5. The number of furan rings is 1. The average molecular weight is 351 g/mol. The van der Waals surface area contributed by atoms with E-state index in [0.29, 0.717) is 22.8 Å². The molecule has 0 fully saturated rings. The lowest BCUT2D eigenvalue weighted by molar-refractivity contribution is -0.123. The van der Waals surface area contributed by atoms with E-state index in [4.69, 9.17) is 9.15 Å². The average Bonchev–Trinajstić information content (AvgIpc) is 2.86. The molecule has 0 radical (unpaired) electrons. The molecule has 5 nitrogen and oxygen atoms in total. The minimum Gasteiger partial charge on any atom is -0.465 e. The van der Waals surface area contributed by atoms with Crippen LogP contribution in [0.5, 0.6) is 0 Å². The molecule has 1 atom stereocenters. The molecule has 0 saturated heterocycles. The summed E-state index contributed by atoms with van der Waals surface area (Å²) in [5.74, 6) is 0.219. The standard InChI is InChI=1S/C21H21NO4/c1-12-13(2)25-14(3)19(12)21(24)26-15(4)20(23)22-18-10-9-16-7-5-6-8-17(16)11-18/h5-11,15H,1-4H3,(H,22,23)/t15-/m1/s1. The number of anilines is 1. The number of ether oxygens (including phenoxy) is 1. The van der Waals surface area contributed by atoms with Crippen molar-refractivity contribution in [1.82, 2.24) is 0 Å². The number of carbonyl (C=O) groups excluding carboxylic acids is 2. The second kappa shape index (κ2) is 7.04. The van der Waals surface area contributed by atoms with Crippen LogP contribution < -0.4 is 5.32 Å². The van der Waals surface area contributed by atoms with Crippen LogP contribution >= 0.6 is 0 Å². The minimum absolute atomic E-state index is 0.382.